The molecule has 1 heterocycles. The molecule has 94 valence electrons. The number of aromatic nitrogens is 1. The Morgan fingerprint density at radius 2 is 2.11 bits per heavy atom. The van der Waals surface area contributed by atoms with Crippen molar-refractivity contribution in [1.29, 1.82) is 0 Å². The number of nitrogens with two attached hydrogens (primary N) is 1. The second-order valence-electron chi connectivity index (χ2n) is 3.92. The maximum atomic E-state index is 5.60. The molecule has 0 saturated carbocycles. The summed E-state index contributed by atoms with van der Waals surface area (Å²) >= 11 is 1.61. The topological polar surface area (TPSA) is 48.1 Å². The molecule has 3 nitrogen and oxygen atoms in total. The van der Waals surface area contributed by atoms with E-state index in [1.54, 1.807) is 18.9 Å². The fourth-order valence-electron chi connectivity index (χ4n) is 1.65. The van der Waals surface area contributed by atoms with E-state index >= 15 is 0 Å². The van der Waals surface area contributed by atoms with Gasteiger partial charge in [0.15, 0.2) is 0 Å². The first-order valence-corrected chi connectivity index (χ1v) is 6.52. The molecule has 0 unspecified atom stereocenters. The zero-order valence-electron chi connectivity index (χ0n) is 10.5. The molecular weight excluding hydrogens is 244 g/mol. The zero-order valence-corrected chi connectivity index (χ0v) is 11.3. The monoisotopic (exact) mass is 260 g/mol. The second kappa shape index (κ2) is 5.89. The van der Waals surface area contributed by atoms with Crippen LogP contribution in [0.1, 0.15) is 11.1 Å². The summed E-state index contributed by atoms with van der Waals surface area (Å²) in [6.07, 6.45) is 1.82. The van der Waals surface area contributed by atoms with E-state index in [1.807, 2.05) is 37.4 Å². The molecule has 1 aromatic carbocycles. The number of hydrogen-bond acceptors (Lipinski definition) is 4. The molecule has 0 spiro atoms. The predicted octanol–water partition coefficient (Wildman–Crippen LogP) is 3.01. The minimum atomic E-state index is 0.521. The maximum Gasteiger partial charge on any atom is 0.132 e. The minimum Gasteiger partial charge on any atom is -0.496 e. The van der Waals surface area contributed by atoms with Crippen LogP contribution in [0, 0.1) is 6.92 Å². The van der Waals surface area contributed by atoms with Crippen LogP contribution in [0.4, 0.5) is 0 Å². The van der Waals surface area contributed by atoms with Gasteiger partial charge in [0, 0.05) is 12.7 Å². The summed E-state index contributed by atoms with van der Waals surface area (Å²) in [7, 11) is 1.68. The number of para-hydroxylation sites is 1. The third kappa shape index (κ3) is 2.83. The van der Waals surface area contributed by atoms with E-state index in [1.165, 1.54) is 0 Å². The van der Waals surface area contributed by atoms with Crippen molar-refractivity contribution in [1.82, 2.24) is 4.98 Å². The lowest BCUT2D eigenvalue weighted by Gasteiger charge is -2.09. The van der Waals surface area contributed by atoms with Gasteiger partial charge >= 0.3 is 0 Å². The van der Waals surface area contributed by atoms with Gasteiger partial charge in [-0.05, 0) is 30.2 Å². The van der Waals surface area contributed by atoms with E-state index in [4.69, 9.17) is 10.5 Å². The first kappa shape index (κ1) is 12.9. The van der Waals surface area contributed by atoms with E-state index < -0.39 is 0 Å². The summed E-state index contributed by atoms with van der Waals surface area (Å²) in [6, 6.07) is 10.0. The Labute approximate surface area is 111 Å². The van der Waals surface area contributed by atoms with Crippen LogP contribution in [0.15, 0.2) is 46.5 Å². The first-order valence-electron chi connectivity index (χ1n) is 5.71. The highest BCUT2D eigenvalue weighted by Gasteiger charge is 2.07. The van der Waals surface area contributed by atoms with Gasteiger partial charge in [0.05, 0.1) is 12.0 Å². The van der Waals surface area contributed by atoms with Gasteiger partial charge in [-0.25, -0.2) is 4.98 Å². The standard InChI is InChI=1S/C14H16N2OS/c1-10-7-11(8-15)9-16-14(10)18-13-6-4-3-5-12(13)17-2/h3-7,9H,8,15H2,1-2H3. The maximum absolute atomic E-state index is 5.60. The van der Waals surface area contributed by atoms with Crippen molar-refractivity contribution in [3.63, 3.8) is 0 Å². The van der Waals surface area contributed by atoms with Crippen molar-refractivity contribution in [3.05, 3.63) is 47.7 Å². The molecule has 2 aromatic rings. The van der Waals surface area contributed by atoms with Crippen molar-refractivity contribution < 1.29 is 4.74 Å². The summed E-state index contributed by atoms with van der Waals surface area (Å²) in [5, 5.41) is 0.983. The number of ether oxygens (including phenoxy) is 1. The third-order valence-electron chi connectivity index (χ3n) is 2.60. The molecular formula is C14H16N2OS. The van der Waals surface area contributed by atoms with Gasteiger partial charge in [0.25, 0.3) is 0 Å². The van der Waals surface area contributed by atoms with E-state index in [-0.39, 0.29) is 0 Å². The van der Waals surface area contributed by atoms with Crippen molar-refractivity contribution in [2.45, 2.75) is 23.4 Å². The summed E-state index contributed by atoms with van der Waals surface area (Å²) < 4.78 is 5.33. The summed E-state index contributed by atoms with van der Waals surface area (Å²) in [6.45, 7) is 2.57. The molecule has 0 fully saturated rings. The number of aryl methyl sites for hydroxylation is 1. The number of rotatable bonds is 4. The van der Waals surface area contributed by atoms with Crippen molar-refractivity contribution in [2.24, 2.45) is 5.73 Å². The predicted molar refractivity (Wildman–Crippen MR) is 74.0 cm³/mol. The molecule has 0 atom stereocenters. The first-order chi connectivity index (χ1) is 8.74. The Hall–Kier alpha value is -1.52. The van der Waals surface area contributed by atoms with Crippen molar-refractivity contribution in [3.8, 4) is 5.75 Å². The van der Waals surface area contributed by atoms with Gasteiger partial charge in [-0.15, -0.1) is 0 Å². The average Bonchev–Trinajstić information content (AvgIpc) is 2.41. The Kier molecular flexibility index (Phi) is 4.23. The molecule has 2 rings (SSSR count). The fourth-order valence-corrected chi connectivity index (χ4v) is 2.58. The number of methoxy groups -OCH3 is 1. The molecule has 0 aliphatic carbocycles. The summed E-state index contributed by atoms with van der Waals surface area (Å²) in [4.78, 5) is 5.51. The number of benzene rings is 1. The fraction of sp³-hybridized carbons (Fsp3) is 0.214. The van der Waals surface area contributed by atoms with E-state index in [0.717, 1.165) is 26.8 Å². The van der Waals surface area contributed by atoms with Gasteiger partial charge in [-0.2, -0.15) is 0 Å². The molecule has 4 heteroatoms. The van der Waals surface area contributed by atoms with Gasteiger partial charge in [-0.3, -0.25) is 0 Å². The van der Waals surface area contributed by atoms with E-state index in [2.05, 4.69) is 11.1 Å². The smallest absolute Gasteiger partial charge is 0.132 e. The lowest BCUT2D eigenvalue weighted by atomic mass is 10.2. The third-order valence-corrected chi connectivity index (χ3v) is 3.78. The van der Waals surface area contributed by atoms with Gasteiger partial charge in [0.2, 0.25) is 0 Å². The molecule has 0 amide bonds. The highest BCUT2D eigenvalue weighted by molar-refractivity contribution is 7.99. The van der Waals surface area contributed by atoms with Crippen LogP contribution in [0.25, 0.3) is 0 Å². The number of nitrogens with zero attached hydrogens (tertiary/aromatic N) is 1. The molecule has 1 aromatic heterocycles. The molecule has 0 radical (unpaired) electrons. The van der Waals surface area contributed by atoms with Gasteiger partial charge < -0.3 is 10.5 Å². The number of hydrogen-bond donors (Lipinski definition) is 1. The molecule has 0 saturated heterocycles. The van der Waals surface area contributed by atoms with Gasteiger partial charge in [-0.1, -0.05) is 30.0 Å². The normalized spacial score (nSPS) is 10.4. The molecule has 0 bridgehead atoms. The summed E-state index contributed by atoms with van der Waals surface area (Å²) in [5.41, 5.74) is 7.79. The molecule has 2 N–H and O–H groups in total. The van der Waals surface area contributed by atoms with E-state index in [9.17, 15) is 0 Å². The molecule has 0 aliphatic heterocycles. The van der Waals surface area contributed by atoms with Crippen LogP contribution in [0.5, 0.6) is 5.75 Å². The number of pyridine rings is 1. The lowest BCUT2D eigenvalue weighted by molar-refractivity contribution is 0.405. The Morgan fingerprint density at radius 3 is 2.78 bits per heavy atom. The zero-order chi connectivity index (χ0) is 13.0. The van der Waals surface area contributed by atoms with Crippen LogP contribution in [0.3, 0.4) is 0 Å². The van der Waals surface area contributed by atoms with Crippen LogP contribution >= 0.6 is 11.8 Å². The van der Waals surface area contributed by atoms with Crippen LogP contribution in [0.2, 0.25) is 0 Å². The Morgan fingerprint density at radius 1 is 1.33 bits per heavy atom. The quantitative estimate of drug-likeness (QED) is 0.918. The average molecular weight is 260 g/mol. The largest absolute Gasteiger partial charge is 0.496 e. The highest BCUT2D eigenvalue weighted by Crippen LogP contribution is 2.35. The SMILES string of the molecule is COc1ccccc1Sc1ncc(CN)cc1C. The van der Waals surface area contributed by atoms with Crippen LogP contribution in [-0.2, 0) is 6.54 Å². The second-order valence-corrected chi connectivity index (χ2v) is 4.95. The minimum absolute atomic E-state index is 0.521. The van der Waals surface area contributed by atoms with Crippen LogP contribution < -0.4 is 10.5 Å². The van der Waals surface area contributed by atoms with Gasteiger partial charge in [0.1, 0.15) is 10.8 Å². The van der Waals surface area contributed by atoms with Crippen molar-refractivity contribution >= 4 is 11.8 Å². The van der Waals surface area contributed by atoms with E-state index in [0.29, 0.717) is 6.54 Å². The summed E-state index contributed by atoms with van der Waals surface area (Å²) in [5.74, 6) is 0.867. The molecule has 18 heavy (non-hydrogen) atoms. The lowest BCUT2D eigenvalue weighted by Crippen LogP contribution is -1.98. The van der Waals surface area contributed by atoms with Crippen molar-refractivity contribution in [2.75, 3.05) is 7.11 Å². The molecule has 0 aliphatic rings. The Bertz CT molecular complexity index is 543. The van der Waals surface area contributed by atoms with Crippen LogP contribution in [-0.4, -0.2) is 12.1 Å². The Balaban J connectivity index is 2.28. The highest BCUT2D eigenvalue weighted by atomic mass is 32.2.